The monoisotopic (exact) mass is 369 g/mol. The van der Waals surface area contributed by atoms with E-state index in [1.54, 1.807) is 6.20 Å². The first-order chi connectivity index (χ1) is 12.9. The molecule has 1 aromatic heterocycles. The highest BCUT2D eigenvalue weighted by molar-refractivity contribution is 5.67. The van der Waals surface area contributed by atoms with Gasteiger partial charge in [-0.15, -0.1) is 0 Å². The molecule has 27 heavy (non-hydrogen) atoms. The van der Waals surface area contributed by atoms with Gasteiger partial charge in [0.15, 0.2) is 0 Å². The van der Waals surface area contributed by atoms with Crippen LogP contribution in [0.25, 0.3) is 0 Å². The third-order valence-electron chi connectivity index (χ3n) is 5.40. The molecule has 0 spiro atoms. The van der Waals surface area contributed by atoms with E-state index < -0.39 is 12.5 Å². The SMILES string of the molecule is CC(C)Nc1ncc(CCC2(c3ccccc3)CCC2)c(=O)n1CC(=O)O. The van der Waals surface area contributed by atoms with Crippen molar-refractivity contribution in [1.82, 2.24) is 9.55 Å². The van der Waals surface area contributed by atoms with E-state index in [0.717, 1.165) is 19.3 Å². The molecule has 0 radical (unpaired) electrons. The third-order valence-corrected chi connectivity index (χ3v) is 5.40. The summed E-state index contributed by atoms with van der Waals surface area (Å²) in [6.45, 7) is 3.45. The highest BCUT2D eigenvalue weighted by atomic mass is 16.4. The van der Waals surface area contributed by atoms with Crippen molar-refractivity contribution in [2.75, 3.05) is 5.32 Å². The number of carboxylic acid groups (broad SMARTS) is 1. The molecule has 0 bridgehead atoms. The quantitative estimate of drug-likeness (QED) is 0.746. The number of aliphatic carboxylic acids is 1. The standard InChI is InChI=1S/C21H27N3O3/c1-15(2)23-20-22-13-16(19(27)24(20)14-18(25)26)9-12-21(10-6-11-21)17-7-4-3-5-8-17/h3-5,7-8,13,15H,6,9-12,14H2,1-2H3,(H,22,23)(H,25,26). The van der Waals surface area contributed by atoms with Crippen molar-refractivity contribution in [2.24, 2.45) is 0 Å². The zero-order chi connectivity index (χ0) is 19.4. The molecular weight excluding hydrogens is 342 g/mol. The molecule has 1 aliphatic rings. The van der Waals surface area contributed by atoms with Gasteiger partial charge in [-0.3, -0.25) is 14.2 Å². The van der Waals surface area contributed by atoms with Crippen LogP contribution >= 0.6 is 0 Å². The van der Waals surface area contributed by atoms with E-state index in [0.29, 0.717) is 17.9 Å². The van der Waals surface area contributed by atoms with Crippen LogP contribution in [-0.4, -0.2) is 26.7 Å². The van der Waals surface area contributed by atoms with Crippen molar-refractivity contribution in [1.29, 1.82) is 0 Å². The van der Waals surface area contributed by atoms with Gasteiger partial charge in [0.2, 0.25) is 5.95 Å². The molecule has 0 atom stereocenters. The molecule has 2 N–H and O–H groups in total. The molecule has 2 aromatic rings. The molecule has 1 fully saturated rings. The van der Waals surface area contributed by atoms with Crippen LogP contribution in [0.5, 0.6) is 0 Å². The zero-order valence-corrected chi connectivity index (χ0v) is 15.9. The first kappa shape index (κ1) is 19.1. The number of carboxylic acids is 1. The molecule has 0 amide bonds. The first-order valence-electron chi connectivity index (χ1n) is 9.54. The third kappa shape index (κ3) is 4.21. The van der Waals surface area contributed by atoms with Crippen LogP contribution in [0, 0.1) is 0 Å². The molecule has 0 unspecified atom stereocenters. The lowest BCUT2D eigenvalue weighted by atomic mass is 9.62. The van der Waals surface area contributed by atoms with Crippen LogP contribution in [0.2, 0.25) is 0 Å². The van der Waals surface area contributed by atoms with Gasteiger partial charge in [-0.25, -0.2) is 4.98 Å². The predicted octanol–water partition coefficient (Wildman–Crippen LogP) is 3.20. The highest BCUT2D eigenvalue weighted by Crippen LogP contribution is 2.46. The normalized spacial score (nSPS) is 15.4. The molecule has 1 saturated carbocycles. The van der Waals surface area contributed by atoms with Gasteiger partial charge in [0.1, 0.15) is 6.54 Å². The largest absolute Gasteiger partial charge is 0.480 e. The fourth-order valence-electron chi connectivity index (χ4n) is 3.81. The second-order valence-corrected chi connectivity index (χ2v) is 7.69. The number of nitrogens with zero attached hydrogens (tertiary/aromatic N) is 2. The van der Waals surface area contributed by atoms with E-state index in [1.807, 2.05) is 19.9 Å². The maximum Gasteiger partial charge on any atom is 0.323 e. The summed E-state index contributed by atoms with van der Waals surface area (Å²) in [6.07, 6.45) is 6.53. The number of anilines is 1. The summed E-state index contributed by atoms with van der Waals surface area (Å²) in [7, 11) is 0. The fourth-order valence-corrected chi connectivity index (χ4v) is 3.81. The summed E-state index contributed by atoms with van der Waals surface area (Å²) in [5, 5.41) is 12.2. The Hall–Kier alpha value is -2.63. The molecule has 1 aromatic carbocycles. The number of hydrogen-bond acceptors (Lipinski definition) is 4. The van der Waals surface area contributed by atoms with E-state index in [1.165, 1.54) is 16.6 Å². The van der Waals surface area contributed by atoms with E-state index >= 15 is 0 Å². The average molecular weight is 369 g/mol. The van der Waals surface area contributed by atoms with Crippen LogP contribution in [0.1, 0.15) is 50.7 Å². The van der Waals surface area contributed by atoms with E-state index in [4.69, 9.17) is 0 Å². The molecule has 1 heterocycles. The predicted molar refractivity (Wildman–Crippen MR) is 105 cm³/mol. The van der Waals surface area contributed by atoms with Crippen molar-refractivity contribution in [3.63, 3.8) is 0 Å². The lowest BCUT2D eigenvalue weighted by molar-refractivity contribution is -0.137. The Morgan fingerprint density at radius 1 is 1.30 bits per heavy atom. The van der Waals surface area contributed by atoms with Crippen molar-refractivity contribution < 1.29 is 9.90 Å². The van der Waals surface area contributed by atoms with Gasteiger partial charge in [0, 0.05) is 17.8 Å². The van der Waals surface area contributed by atoms with Crippen LogP contribution in [0.4, 0.5) is 5.95 Å². The van der Waals surface area contributed by atoms with Gasteiger partial charge in [-0.1, -0.05) is 36.8 Å². The molecule has 1 aliphatic carbocycles. The Morgan fingerprint density at radius 3 is 2.56 bits per heavy atom. The number of benzene rings is 1. The zero-order valence-electron chi connectivity index (χ0n) is 15.9. The van der Waals surface area contributed by atoms with Crippen LogP contribution < -0.4 is 10.9 Å². The van der Waals surface area contributed by atoms with Crippen molar-refractivity contribution in [2.45, 2.75) is 64.0 Å². The van der Waals surface area contributed by atoms with Crippen molar-refractivity contribution in [3.8, 4) is 0 Å². The van der Waals surface area contributed by atoms with Crippen molar-refractivity contribution in [3.05, 3.63) is 58.0 Å². The maximum absolute atomic E-state index is 12.9. The highest BCUT2D eigenvalue weighted by Gasteiger charge is 2.38. The Labute approximate surface area is 159 Å². The van der Waals surface area contributed by atoms with Crippen LogP contribution in [-0.2, 0) is 23.2 Å². The Kier molecular flexibility index (Phi) is 5.63. The van der Waals surface area contributed by atoms with E-state index in [-0.39, 0.29) is 17.0 Å². The fraction of sp³-hybridized carbons (Fsp3) is 0.476. The summed E-state index contributed by atoms with van der Waals surface area (Å²) >= 11 is 0. The lowest BCUT2D eigenvalue weighted by Crippen LogP contribution is -2.36. The minimum atomic E-state index is -1.05. The Balaban J connectivity index is 1.84. The molecule has 144 valence electrons. The second-order valence-electron chi connectivity index (χ2n) is 7.69. The summed E-state index contributed by atoms with van der Waals surface area (Å²) in [5.41, 5.74) is 1.76. The molecule has 0 saturated heterocycles. The number of hydrogen-bond donors (Lipinski definition) is 2. The van der Waals surface area contributed by atoms with E-state index in [2.05, 4.69) is 34.6 Å². The molecule has 6 nitrogen and oxygen atoms in total. The van der Waals surface area contributed by atoms with Gasteiger partial charge in [0.05, 0.1) is 0 Å². The van der Waals surface area contributed by atoms with Crippen molar-refractivity contribution >= 4 is 11.9 Å². The number of aryl methyl sites for hydroxylation is 1. The van der Waals surface area contributed by atoms with E-state index in [9.17, 15) is 14.7 Å². The van der Waals surface area contributed by atoms with Gasteiger partial charge < -0.3 is 10.4 Å². The minimum Gasteiger partial charge on any atom is -0.480 e. The smallest absolute Gasteiger partial charge is 0.323 e. The van der Waals surface area contributed by atoms with Crippen LogP contribution in [0.15, 0.2) is 41.3 Å². The van der Waals surface area contributed by atoms with Crippen LogP contribution in [0.3, 0.4) is 0 Å². The molecule has 6 heteroatoms. The molecular formula is C21H27N3O3. The van der Waals surface area contributed by atoms with Gasteiger partial charge in [0.25, 0.3) is 5.56 Å². The number of nitrogens with one attached hydrogen (secondary N) is 1. The van der Waals surface area contributed by atoms with Gasteiger partial charge in [-0.05, 0) is 50.5 Å². The number of aromatic nitrogens is 2. The Morgan fingerprint density at radius 2 is 2.00 bits per heavy atom. The summed E-state index contributed by atoms with van der Waals surface area (Å²) < 4.78 is 1.23. The minimum absolute atomic E-state index is 0.0547. The summed E-state index contributed by atoms with van der Waals surface area (Å²) in [5.74, 6) is -0.745. The number of carbonyl (C=O) groups is 1. The topological polar surface area (TPSA) is 84.2 Å². The number of rotatable bonds is 8. The van der Waals surface area contributed by atoms with Gasteiger partial charge >= 0.3 is 5.97 Å². The second kappa shape index (κ2) is 7.94. The molecule has 3 rings (SSSR count). The molecule has 0 aliphatic heterocycles. The lowest BCUT2D eigenvalue weighted by Gasteiger charge is -2.43. The first-order valence-corrected chi connectivity index (χ1v) is 9.54. The maximum atomic E-state index is 12.9. The van der Waals surface area contributed by atoms with Gasteiger partial charge in [-0.2, -0.15) is 0 Å². The summed E-state index contributed by atoms with van der Waals surface area (Å²) in [6, 6.07) is 10.5. The Bertz CT molecular complexity index is 855. The summed E-state index contributed by atoms with van der Waals surface area (Å²) in [4.78, 5) is 28.4. The average Bonchev–Trinajstić information content (AvgIpc) is 2.59.